The zero-order valence-electron chi connectivity index (χ0n) is 11.5. The van der Waals surface area contributed by atoms with Gasteiger partial charge in [-0.25, -0.2) is 4.98 Å². The standard InChI is InChI=1S/C15H21N3O/c1-9(11-3-4-11)8-18-14-6-5-12(16)7-13(14)17-15(18)10(2)19/h5-7,9-11,19H,3-4,8,16H2,1-2H3. The molecule has 1 aromatic heterocycles. The molecular weight excluding hydrogens is 238 g/mol. The van der Waals surface area contributed by atoms with Gasteiger partial charge in [-0.05, 0) is 49.8 Å². The molecule has 1 aliphatic carbocycles. The molecule has 2 atom stereocenters. The van der Waals surface area contributed by atoms with Crippen molar-refractivity contribution in [1.82, 2.24) is 9.55 Å². The van der Waals surface area contributed by atoms with Crippen LogP contribution in [-0.2, 0) is 6.54 Å². The SMILES string of the molecule is CC(O)c1nc2cc(N)ccc2n1CC(C)C1CC1. The van der Waals surface area contributed by atoms with E-state index in [0.29, 0.717) is 11.6 Å². The molecule has 4 nitrogen and oxygen atoms in total. The summed E-state index contributed by atoms with van der Waals surface area (Å²) in [4.78, 5) is 4.54. The van der Waals surface area contributed by atoms with Crippen molar-refractivity contribution in [3.63, 3.8) is 0 Å². The molecule has 3 N–H and O–H groups in total. The Morgan fingerprint density at radius 3 is 2.79 bits per heavy atom. The molecule has 0 amide bonds. The number of nitrogens with two attached hydrogens (primary N) is 1. The Hall–Kier alpha value is -1.55. The van der Waals surface area contributed by atoms with E-state index in [-0.39, 0.29) is 0 Å². The normalized spacial score (nSPS) is 18.7. The number of hydrogen-bond donors (Lipinski definition) is 2. The Bertz CT molecular complexity index is 599. The Morgan fingerprint density at radius 2 is 2.16 bits per heavy atom. The number of aliphatic hydroxyl groups excluding tert-OH is 1. The molecule has 3 rings (SSSR count). The van der Waals surface area contributed by atoms with Crippen LogP contribution in [0.2, 0.25) is 0 Å². The van der Waals surface area contributed by atoms with Crippen molar-refractivity contribution in [3.8, 4) is 0 Å². The second kappa shape index (κ2) is 4.53. The molecule has 0 aliphatic heterocycles. The van der Waals surface area contributed by atoms with Gasteiger partial charge < -0.3 is 15.4 Å². The number of imidazole rings is 1. The molecule has 102 valence electrons. The summed E-state index contributed by atoms with van der Waals surface area (Å²) >= 11 is 0. The minimum Gasteiger partial charge on any atom is -0.399 e. The lowest BCUT2D eigenvalue weighted by molar-refractivity contribution is 0.182. The summed E-state index contributed by atoms with van der Waals surface area (Å²) in [5.74, 6) is 2.22. The van der Waals surface area contributed by atoms with Gasteiger partial charge in [0.1, 0.15) is 11.9 Å². The lowest BCUT2D eigenvalue weighted by atomic mass is 10.1. The zero-order valence-corrected chi connectivity index (χ0v) is 11.5. The van der Waals surface area contributed by atoms with Crippen molar-refractivity contribution in [1.29, 1.82) is 0 Å². The summed E-state index contributed by atoms with van der Waals surface area (Å²) in [6.07, 6.45) is 2.12. The minimum absolute atomic E-state index is 0.556. The van der Waals surface area contributed by atoms with Crippen LogP contribution in [0.5, 0.6) is 0 Å². The van der Waals surface area contributed by atoms with Crippen LogP contribution >= 0.6 is 0 Å². The lowest BCUT2D eigenvalue weighted by Gasteiger charge is -2.16. The van der Waals surface area contributed by atoms with Gasteiger partial charge in [-0.2, -0.15) is 0 Å². The molecule has 19 heavy (non-hydrogen) atoms. The van der Waals surface area contributed by atoms with Crippen LogP contribution in [0.25, 0.3) is 11.0 Å². The van der Waals surface area contributed by atoms with Crippen LogP contribution < -0.4 is 5.73 Å². The van der Waals surface area contributed by atoms with Crippen LogP contribution in [-0.4, -0.2) is 14.7 Å². The highest BCUT2D eigenvalue weighted by atomic mass is 16.3. The van der Waals surface area contributed by atoms with Crippen LogP contribution in [0.1, 0.15) is 38.6 Å². The van der Waals surface area contributed by atoms with Gasteiger partial charge in [-0.1, -0.05) is 6.92 Å². The number of fused-ring (bicyclic) bond motifs is 1. The highest BCUT2D eigenvalue weighted by molar-refractivity contribution is 5.79. The average Bonchev–Trinajstić information content (AvgIpc) is 3.13. The number of hydrogen-bond acceptors (Lipinski definition) is 3. The fourth-order valence-corrected chi connectivity index (χ4v) is 2.78. The number of nitrogens with zero attached hydrogens (tertiary/aromatic N) is 2. The molecule has 1 aromatic carbocycles. The molecule has 1 aliphatic rings. The predicted molar refractivity (Wildman–Crippen MR) is 76.7 cm³/mol. The van der Waals surface area contributed by atoms with E-state index >= 15 is 0 Å². The first-order chi connectivity index (χ1) is 9.06. The highest BCUT2D eigenvalue weighted by Gasteiger charge is 2.29. The Labute approximate surface area is 113 Å². The summed E-state index contributed by atoms with van der Waals surface area (Å²) in [6.45, 7) is 4.97. The first-order valence-electron chi connectivity index (χ1n) is 7.00. The summed E-state index contributed by atoms with van der Waals surface area (Å²) in [7, 11) is 0. The van der Waals surface area contributed by atoms with E-state index in [4.69, 9.17) is 5.73 Å². The van der Waals surface area contributed by atoms with E-state index in [0.717, 1.165) is 29.3 Å². The van der Waals surface area contributed by atoms with Gasteiger partial charge in [0.05, 0.1) is 11.0 Å². The van der Waals surface area contributed by atoms with E-state index in [9.17, 15) is 5.11 Å². The fourth-order valence-electron chi connectivity index (χ4n) is 2.78. The minimum atomic E-state index is -0.556. The molecule has 0 bridgehead atoms. The van der Waals surface area contributed by atoms with E-state index in [1.807, 2.05) is 18.2 Å². The van der Waals surface area contributed by atoms with Crippen LogP contribution in [0.4, 0.5) is 5.69 Å². The molecule has 1 heterocycles. The third-order valence-electron chi connectivity index (χ3n) is 4.07. The van der Waals surface area contributed by atoms with Crippen molar-refractivity contribution >= 4 is 16.7 Å². The molecule has 2 unspecified atom stereocenters. The zero-order chi connectivity index (χ0) is 13.6. The molecule has 1 fully saturated rings. The number of benzene rings is 1. The van der Waals surface area contributed by atoms with Crippen molar-refractivity contribution in [2.24, 2.45) is 11.8 Å². The molecule has 4 heteroatoms. The molecule has 0 spiro atoms. The second-order valence-electron chi connectivity index (χ2n) is 5.82. The number of rotatable bonds is 4. The first kappa shape index (κ1) is 12.5. The second-order valence-corrected chi connectivity index (χ2v) is 5.82. The third kappa shape index (κ3) is 2.32. The summed E-state index contributed by atoms with van der Waals surface area (Å²) < 4.78 is 2.16. The summed E-state index contributed by atoms with van der Waals surface area (Å²) in [5.41, 5.74) is 8.46. The van der Waals surface area contributed by atoms with Crippen LogP contribution in [0, 0.1) is 11.8 Å². The maximum atomic E-state index is 9.93. The van der Waals surface area contributed by atoms with E-state index in [1.54, 1.807) is 6.92 Å². The van der Waals surface area contributed by atoms with Crippen molar-refractivity contribution in [2.45, 2.75) is 39.3 Å². The lowest BCUT2D eigenvalue weighted by Crippen LogP contribution is -2.13. The molecule has 0 radical (unpaired) electrons. The fraction of sp³-hybridized carbons (Fsp3) is 0.533. The van der Waals surface area contributed by atoms with Crippen LogP contribution in [0.3, 0.4) is 0 Å². The topological polar surface area (TPSA) is 64.1 Å². The quantitative estimate of drug-likeness (QED) is 0.830. The van der Waals surface area contributed by atoms with Gasteiger partial charge in [0.15, 0.2) is 0 Å². The number of aliphatic hydroxyl groups is 1. The predicted octanol–water partition coefficient (Wildman–Crippen LogP) is 2.72. The van der Waals surface area contributed by atoms with Crippen molar-refractivity contribution in [3.05, 3.63) is 24.0 Å². The average molecular weight is 259 g/mol. The van der Waals surface area contributed by atoms with E-state index in [1.165, 1.54) is 12.8 Å². The first-order valence-corrected chi connectivity index (χ1v) is 7.00. The Kier molecular flexibility index (Phi) is 2.97. The number of anilines is 1. The third-order valence-corrected chi connectivity index (χ3v) is 4.07. The van der Waals surface area contributed by atoms with Crippen molar-refractivity contribution < 1.29 is 5.11 Å². The van der Waals surface area contributed by atoms with Gasteiger partial charge in [0.25, 0.3) is 0 Å². The smallest absolute Gasteiger partial charge is 0.138 e. The molecular formula is C15H21N3O. The Balaban J connectivity index is 2.05. The maximum absolute atomic E-state index is 9.93. The maximum Gasteiger partial charge on any atom is 0.138 e. The monoisotopic (exact) mass is 259 g/mol. The Morgan fingerprint density at radius 1 is 1.42 bits per heavy atom. The van der Waals surface area contributed by atoms with Gasteiger partial charge in [-0.15, -0.1) is 0 Å². The number of nitrogen functional groups attached to an aromatic ring is 1. The summed E-state index contributed by atoms with van der Waals surface area (Å²) in [5, 5.41) is 9.93. The van der Waals surface area contributed by atoms with Gasteiger partial charge >= 0.3 is 0 Å². The highest BCUT2D eigenvalue weighted by Crippen LogP contribution is 2.38. The molecule has 0 saturated heterocycles. The van der Waals surface area contributed by atoms with Crippen LogP contribution in [0.15, 0.2) is 18.2 Å². The molecule has 2 aromatic rings. The molecule has 1 saturated carbocycles. The van der Waals surface area contributed by atoms with E-state index < -0.39 is 6.10 Å². The largest absolute Gasteiger partial charge is 0.399 e. The van der Waals surface area contributed by atoms with Gasteiger partial charge in [0.2, 0.25) is 0 Å². The number of aromatic nitrogens is 2. The summed E-state index contributed by atoms with van der Waals surface area (Å²) in [6, 6.07) is 5.77. The van der Waals surface area contributed by atoms with Gasteiger partial charge in [0, 0.05) is 12.2 Å². The van der Waals surface area contributed by atoms with Crippen molar-refractivity contribution in [2.75, 3.05) is 5.73 Å². The van der Waals surface area contributed by atoms with Gasteiger partial charge in [-0.3, -0.25) is 0 Å². The van der Waals surface area contributed by atoms with E-state index in [2.05, 4.69) is 16.5 Å².